The Morgan fingerprint density at radius 1 is 1.13 bits per heavy atom. The number of methoxy groups -OCH3 is 2. The molecule has 164 valence electrons. The number of benzene rings is 2. The predicted octanol–water partition coefficient (Wildman–Crippen LogP) is 3.26. The Labute approximate surface area is 186 Å². The molecule has 1 amide bonds. The number of rotatable bonds is 8. The highest BCUT2D eigenvalue weighted by Crippen LogP contribution is 2.33. The van der Waals surface area contributed by atoms with Gasteiger partial charge in [0, 0.05) is 6.07 Å². The van der Waals surface area contributed by atoms with E-state index >= 15 is 0 Å². The van der Waals surface area contributed by atoms with Crippen LogP contribution in [0.1, 0.15) is 29.7 Å². The van der Waals surface area contributed by atoms with E-state index in [9.17, 15) is 4.79 Å². The van der Waals surface area contributed by atoms with E-state index < -0.39 is 0 Å². The average Bonchev–Trinajstić information content (AvgIpc) is 3.13. The van der Waals surface area contributed by atoms with Crippen LogP contribution < -0.4 is 20.6 Å². The van der Waals surface area contributed by atoms with E-state index in [4.69, 9.17) is 15.3 Å². The zero-order valence-electron chi connectivity index (χ0n) is 18.3. The lowest BCUT2D eigenvalue weighted by Crippen LogP contribution is -2.28. The van der Waals surface area contributed by atoms with Crippen LogP contribution in [0.4, 0.5) is 0 Å². The van der Waals surface area contributed by atoms with Crippen molar-refractivity contribution in [1.82, 2.24) is 20.2 Å². The lowest BCUT2D eigenvalue weighted by Gasteiger charge is -2.15. The SMILES string of the molecule is COc1ccc(-c2nnc(SCC(=O)N[C@@H](C)c3ccc(C)c(C)c3)n2N)c(OC)c1. The Kier molecular flexibility index (Phi) is 7.06. The summed E-state index contributed by atoms with van der Waals surface area (Å²) in [5.41, 5.74) is 4.17. The van der Waals surface area contributed by atoms with Crippen molar-refractivity contribution >= 4 is 17.7 Å². The van der Waals surface area contributed by atoms with Gasteiger partial charge < -0.3 is 20.6 Å². The molecule has 0 saturated carbocycles. The summed E-state index contributed by atoms with van der Waals surface area (Å²) in [6, 6.07) is 11.4. The first-order valence-corrected chi connectivity index (χ1v) is 10.7. The van der Waals surface area contributed by atoms with Crippen molar-refractivity contribution in [3.8, 4) is 22.9 Å². The second-order valence-electron chi connectivity index (χ2n) is 7.16. The molecule has 0 aliphatic rings. The quantitative estimate of drug-likeness (QED) is 0.408. The highest BCUT2D eigenvalue weighted by Gasteiger charge is 2.18. The van der Waals surface area contributed by atoms with Crippen LogP contribution in [0.3, 0.4) is 0 Å². The first-order valence-electron chi connectivity index (χ1n) is 9.76. The molecule has 1 atom stereocenters. The molecule has 3 aromatic rings. The molecule has 3 N–H and O–H groups in total. The van der Waals surface area contributed by atoms with E-state index in [1.807, 2.05) is 13.0 Å². The Hall–Kier alpha value is -3.20. The monoisotopic (exact) mass is 441 g/mol. The van der Waals surface area contributed by atoms with Gasteiger partial charge in [-0.25, -0.2) is 4.68 Å². The zero-order valence-corrected chi connectivity index (χ0v) is 19.1. The number of nitrogens with one attached hydrogen (secondary N) is 1. The molecule has 0 unspecified atom stereocenters. The molecule has 0 aliphatic carbocycles. The van der Waals surface area contributed by atoms with Crippen LogP contribution in [0, 0.1) is 13.8 Å². The summed E-state index contributed by atoms with van der Waals surface area (Å²) >= 11 is 1.22. The van der Waals surface area contributed by atoms with E-state index in [1.165, 1.54) is 27.6 Å². The number of aromatic nitrogens is 3. The maximum Gasteiger partial charge on any atom is 0.230 e. The molecule has 31 heavy (non-hydrogen) atoms. The summed E-state index contributed by atoms with van der Waals surface area (Å²) in [6.07, 6.45) is 0. The van der Waals surface area contributed by atoms with Crippen molar-refractivity contribution in [3.63, 3.8) is 0 Å². The molecule has 0 bridgehead atoms. The maximum absolute atomic E-state index is 12.4. The molecule has 1 heterocycles. The van der Waals surface area contributed by atoms with Gasteiger partial charge in [0.1, 0.15) is 11.5 Å². The molecule has 9 heteroatoms. The van der Waals surface area contributed by atoms with Crippen molar-refractivity contribution in [3.05, 3.63) is 53.1 Å². The maximum atomic E-state index is 12.4. The zero-order chi connectivity index (χ0) is 22.5. The van der Waals surface area contributed by atoms with Gasteiger partial charge in [-0.2, -0.15) is 0 Å². The summed E-state index contributed by atoms with van der Waals surface area (Å²) in [4.78, 5) is 12.4. The lowest BCUT2D eigenvalue weighted by molar-refractivity contribution is -0.119. The third-order valence-corrected chi connectivity index (χ3v) is 6.00. The smallest absolute Gasteiger partial charge is 0.230 e. The molecule has 0 aliphatic heterocycles. The van der Waals surface area contributed by atoms with Crippen molar-refractivity contribution in [2.45, 2.75) is 32.0 Å². The van der Waals surface area contributed by atoms with Crippen molar-refractivity contribution in [1.29, 1.82) is 0 Å². The molecular formula is C22H27N5O3S. The van der Waals surface area contributed by atoms with Crippen LogP contribution in [0.15, 0.2) is 41.6 Å². The molecule has 0 fully saturated rings. The van der Waals surface area contributed by atoms with E-state index in [-0.39, 0.29) is 17.7 Å². The lowest BCUT2D eigenvalue weighted by atomic mass is 10.0. The number of thioether (sulfide) groups is 1. The molecule has 1 aromatic heterocycles. The van der Waals surface area contributed by atoms with Crippen molar-refractivity contribution in [2.75, 3.05) is 25.8 Å². The van der Waals surface area contributed by atoms with Crippen LogP contribution in [0.25, 0.3) is 11.4 Å². The number of carbonyl (C=O) groups excluding carboxylic acids is 1. The minimum absolute atomic E-state index is 0.0951. The first-order chi connectivity index (χ1) is 14.8. The van der Waals surface area contributed by atoms with Crippen LogP contribution in [0.5, 0.6) is 11.5 Å². The molecule has 8 nitrogen and oxygen atoms in total. The number of nitrogens with two attached hydrogens (primary N) is 1. The minimum Gasteiger partial charge on any atom is -0.497 e. The minimum atomic E-state index is -0.109. The van der Waals surface area contributed by atoms with Gasteiger partial charge in [0.2, 0.25) is 11.1 Å². The number of ether oxygens (including phenoxy) is 2. The topological polar surface area (TPSA) is 104 Å². The van der Waals surface area contributed by atoms with Gasteiger partial charge in [-0.3, -0.25) is 4.79 Å². The van der Waals surface area contributed by atoms with Gasteiger partial charge in [0.05, 0.1) is 31.6 Å². The summed E-state index contributed by atoms with van der Waals surface area (Å²) in [6.45, 7) is 6.09. The van der Waals surface area contributed by atoms with Gasteiger partial charge in [-0.1, -0.05) is 30.0 Å². The van der Waals surface area contributed by atoms with Gasteiger partial charge in [-0.15, -0.1) is 10.2 Å². The van der Waals surface area contributed by atoms with Crippen LogP contribution in [-0.2, 0) is 4.79 Å². The van der Waals surface area contributed by atoms with Gasteiger partial charge in [-0.05, 0) is 49.6 Å². The summed E-state index contributed by atoms with van der Waals surface area (Å²) < 4.78 is 12.0. The summed E-state index contributed by atoms with van der Waals surface area (Å²) in [5, 5.41) is 11.7. The molecular weight excluding hydrogens is 414 g/mol. The number of amides is 1. The fraction of sp³-hybridized carbons (Fsp3) is 0.318. The second-order valence-corrected chi connectivity index (χ2v) is 8.11. The summed E-state index contributed by atoms with van der Waals surface area (Å²) in [7, 11) is 3.15. The second kappa shape index (κ2) is 9.74. The van der Waals surface area contributed by atoms with Crippen molar-refractivity contribution < 1.29 is 14.3 Å². The number of carbonyl (C=O) groups is 1. The van der Waals surface area contributed by atoms with Crippen LogP contribution in [0.2, 0.25) is 0 Å². The van der Waals surface area contributed by atoms with Gasteiger partial charge in [0.25, 0.3) is 0 Å². The highest BCUT2D eigenvalue weighted by molar-refractivity contribution is 7.99. The van der Waals surface area contributed by atoms with E-state index in [0.29, 0.717) is 28.0 Å². The molecule has 3 rings (SSSR count). The number of nitrogen functional groups attached to an aromatic ring is 1. The van der Waals surface area contributed by atoms with Gasteiger partial charge >= 0.3 is 0 Å². The molecule has 0 saturated heterocycles. The standard InChI is InChI=1S/C22H27N5O3S/c1-13-6-7-16(10-14(13)2)15(3)24-20(28)12-31-22-26-25-21(27(22)23)18-9-8-17(29-4)11-19(18)30-5/h6-11,15H,12,23H2,1-5H3,(H,24,28)/t15-/m0/s1. The highest BCUT2D eigenvalue weighted by atomic mass is 32.2. The van der Waals surface area contributed by atoms with E-state index in [0.717, 1.165) is 5.56 Å². The Balaban J connectivity index is 1.66. The molecule has 0 radical (unpaired) electrons. The number of aryl methyl sites for hydroxylation is 2. The first kappa shape index (κ1) is 22.5. The largest absolute Gasteiger partial charge is 0.497 e. The molecule has 2 aromatic carbocycles. The summed E-state index contributed by atoms with van der Waals surface area (Å²) in [5.74, 6) is 7.91. The number of nitrogens with zero attached hydrogens (tertiary/aromatic N) is 3. The van der Waals surface area contributed by atoms with Gasteiger partial charge in [0.15, 0.2) is 5.82 Å². The Bertz CT molecular complexity index is 1080. The Morgan fingerprint density at radius 3 is 2.58 bits per heavy atom. The predicted molar refractivity (Wildman–Crippen MR) is 122 cm³/mol. The molecule has 0 spiro atoms. The third kappa shape index (κ3) is 5.11. The number of hydrogen-bond acceptors (Lipinski definition) is 7. The van der Waals surface area contributed by atoms with E-state index in [2.05, 4.69) is 41.5 Å². The fourth-order valence-electron chi connectivity index (χ4n) is 3.07. The fourth-order valence-corrected chi connectivity index (χ4v) is 3.74. The normalized spacial score (nSPS) is 11.8. The number of hydrogen-bond donors (Lipinski definition) is 2. The third-order valence-electron chi connectivity index (χ3n) is 5.05. The van der Waals surface area contributed by atoms with Crippen molar-refractivity contribution in [2.24, 2.45) is 0 Å². The van der Waals surface area contributed by atoms with Crippen LogP contribution in [-0.4, -0.2) is 40.8 Å². The Morgan fingerprint density at radius 2 is 1.90 bits per heavy atom. The van der Waals surface area contributed by atoms with E-state index in [1.54, 1.807) is 32.4 Å². The van der Waals surface area contributed by atoms with Crippen LogP contribution >= 0.6 is 11.8 Å². The average molecular weight is 442 g/mol.